The summed E-state index contributed by atoms with van der Waals surface area (Å²) in [5, 5.41) is 8.88. The van der Waals surface area contributed by atoms with E-state index in [0.717, 1.165) is 41.4 Å². The van der Waals surface area contributed by atoms with E-state index in [1.807, 2.05) is 0 Å². The fourth-order valence-corrected chi connectivity index (χ4v) is 2.68. The predicted molar refractivity (Wildman–Crippen MR) is 101 cm³/mol. The smallest absolute Gasteiger partial charge is 0.272 e. The molecule has 2 aromatic rings. The van der Waals surface area contributed by atoms with Gasteiger partial charge in [0, 0.05) is 17.0 Å². The maximum Gasteiger partial charge on any atom is 0.416 e. The lowest BCUT2D eigenvalue weighted by atomic mass is 10.1. The lowest BCUT2D eigenvalue weighted by Gasteiger charge is -2.29. The highest BCUT2D eigenvalue weighted by Gasteiger charge is 2.33. The topological polar surface area (TPSA) is 57.1 Å². The molecule has 0 unspecified atom stereocenters. The van der Waals surface area contributed by atoms with Gasteiger partial charge in [-0.3, -0.25) is 10.2 Å². The number of amides is 1. The first kappa shape index (κ1) is 22.3. The minimum absolute atomic E-state index is 0.0124. The molecule has 1 N–H and O–H groups in total. The van der Waals surface area contributed by atoms with Crippen molar-refractivity contribution >= 4 is 17.6 Å². The van der Waals surface area contributed by atoms with Crippen LogP contribution in [0.25, 0.3) is 0 Å². The molecule has 0 atom stereocenters. The van der Waals surface area contributed by atoms with Crippen LogP contribution in [-0.2, 0) is 17.1 Å². The van der Waals surface area contributed by atoms with E-state index in [1.54, 1.807) is 13.8 Å². The number of carbonyl (C=O) groups excluding carboxylic acids is 1. The molecule has 0 saturated heterocycles. The molecule has 0 radical (unpaired) electrons. The van der Waals surface area contributed by atoms with Crippen LogP contribution in [0.1, 0.15) is 36.1 Å². The number of carbonyl (C=O) groups is 1. The lowest BCUT2D eigenvalue weighted by Crippen LogP contribution is -2.53. The second-order valence-corrected chi connectivity index (χ2v) is 6.96. The average molecular weight is 442 g/mol. The van der Waals surface area contributed by atoms with Gasteiger partial charge < -0.3 is 0 Å². The van der Waals surface area contributed by atoms with Crippen LogP contribution < -0.4 is 5.43 Å². The Morgan fingerprint density at radius 3 is 1.68 bits per heavy atom. The van der Waals surface area contributed by atoms with Crippen LogP contribution in [-0.4, -0.2) is 22.6 Å². The summed E-state index contributed by atoms with van der Waals surface area (Å²) in [7, 11) is 0. The Balaban J connectivity index is 1.98. The maximum atomic E-state index is 12.8. The van der Waals surface area contributed by atoms with E-state index in [4.69, 9.17) is 0 Å². The molecule has 0 spiro atoms. The molecule has 31 heavy (non-hydrogen) atoms. The van der Waals surface area contributed by atoms with Gasteiger partial charge in [-0.1, -0.05) is 38.1 Å². The van der Waals surface area contributed by atoms with Crippen molar-refractivity contribution in [3.05, 3.63) is 70.8 Å². The first-order valence-corrected chi connectivity index (χ1v) is 8.99. The lowest BCUT2D eigenvalue weighted by molar-refractivity contribution is -0.138. The van der Waals surface area contributed by atoms with Crippen molar-refractivity contribution in [2.24, 2.45) is 16.1 Å². The summed E-state index contributed by atoms with van der Waals surface area (Å²) < 4.78 is 76.7. The van der Waals surface area contributed by atoms with Gasteiger partial charge in [-0.05, 0) is 24.3 Å². The Bertz CT molecular complexity index is 1020. The zero-order valence-electron chi connectivity index (χ0n) is 16.2. The highest BCUT2D eigenvalue weighted by molar-refractivity contribution is 6.12. The van der Waals surface area contributed by atoms with Crippen molar-refractivity contribution in [1.29, 1.82) is 0 Å². The fraction of sp³-hybridized carbons (Fsp3) is 0.250. The van der Waals surface area contributed by atoms with E-state index in [2.05, 4.69) is 15.6 Å². The fourth-order valence-electron chi connectivity index (χ4n) is 2.68. The summed E-state index contributed by atoms with van der Waals surface area (Å²) in [4.78, 5) is 12.7. The summed E-state index contributed by atoms with van der Waals surface area (Å²) in [6.45, 7) is 3.22. The number of hydrogen-bond acceptors (Lipinski definition) is 4. The molecular formula is C20H16F6N4O. The zero-order valence-corrected chi connectivity index (χ0v) is 16.2. The third kappa shape index (κ3) is 4.86. The van der Waals surface area contributed by atoms with Crippen LogP contribution in [0.15, 0.2) is 58.7 Å². The number of hydrogen-bond donors (Lipinski definition) is 1. The van der Waals surface area contributed by atoms with Crippen LogP contribution in [0.3, 0.4) is 0 Å². The number of benzene rings is 2. The molecule has 3 rings (SSSR count). The first-order valence-electron chi connectivity index (χ1n) is 8.99. The van der Waals surface area contributed by atoms with Gasteiger partial charge in [-0.2, -0.15) is 26.3 Å². The standard InChI is InChI=1S/C20H16F6N4O/c1-11(2)18(31)30-17(13-5-9-15(10-6-13)20(24,25)26)28-27-16(29-30)12-3-7-14(8-4-12)19(21,22)23/h3-11H,1-2H3,(H,27,29). The second-order valence-electron chi connectivity index (χ2n) is 6.96. The first-order chi connectivity index (χ1) is 14.4. The molecule has 1 aliphatic heterocycles. The van der Waals surface area contributed by atoms with Crippen molar-refractivity contribution in [2.45, 2.75) is 26.2 Å². The molecule has 164 valence electrons. The normalized spacial score (nSPS) is 14.8. The van der Waals surface area contributed by atoms with E-state index in [1.165, 1.54) is 12.1 Å². The number of alkyl halides is 6. The summed E-state index contributed by atoms with van der Waals surface area (Å²) in [6, 6.07) is 8.09. The molecule has 1 aliphatic rings. The molecule has 0 aromatic heterocycles. The summed E-state index contributed by atoms with van der Waals surface area (Å²) in [6.07, 6.45) is -9.03. The average Bonchev–Trinajstić information content (AvgIpc) is 2.71. The molecule has 0 saturated carbocycles. The van der Waals surface area contributed by atoms with Crippen LogP contribution >= 0.6 is 0 Å². The van der Waals surface area contributed by atoms with Crippen molar-refractivity contribution in [3.8, 4) is 0 Å². The zero-order chi connectivity index (χ0) is 23.0. The highest BCUT2D eigenvalue weighted by Crippen LogP contribution is 2.30. The number of nitrogens with one attached hydrogen (secondary N) is 1. The van der Waals surface area contributed by atoms with Gasteiger partial charge >= 0.3 is 12.4 Å². The SMILES string of the molecule is CC(C)C(=O)N1NC(c2ccc(C(F)(F)F)cc2)=NN=C1c1ccc(C(F)(F)F)cc1. The van der Waals surface area contributed by atoms with Gasteiger partial charge in [0.15, 0.2) is 11.7 Å². The third-order valence-electron chi connectivity index (χ3n) is 4.34. The number of halogens is 6. The summed E-state index contributed by atoms with van der Waals surface area (Å²) in [5.41, 5.74) is 1.43. The predicted octanol–water partition coefficient (Wildman–Crippen LogP) is 4.84. The van der Waals surface area contributed by atoms with E-state index < -0.39 is 35.3 Å². The van der Waals surface area contributed by atoms with Gasteiger partial charge in [0.1, 0.15) is 0 Å². The molecular weight excluding hydrogens is 426 g/mol. The summed E-state index contributed by atoms with van der Waals surface area (Å²) in [5.74, 6) is -1.00. The van der Waals surface area contributed by atoms with Gasteiger partial charge in [0.05, 0.1) is 11.1 Å². The van der Waals surface area contributed by atoms with E-state index in [9.17, 15) is 31.1 Å². The Kier molecular flexibility index (Phi) is 5.79. The van der Waals surface area contributed by atoms with Crippen LogP contribution in [0, 0.1) is 5.92 Å². The van der Waals surface area contributed by atoms with Crippen molar-refractivity contribution in [3.63, 3.8) is 0 Å². The highest BCUT2D eigenvalue weighted by atomic mass is 19.4. The van der Waals surface area contributed by atoms with E-state index >= 15 is 0 Å². The van der Waals surface area contributed by atoms with Crippen LogP contribution in [0.4, 0.5) is 26.3 Å². The molecule has 5 nitrogen and oxygen atoms in total. The van der Waals surface area contributed by atoms with Crippen LogP contribution in [0.5, 0.6) is 0 Å². The Labute approximate surface area is 173 Å². The number of nitrogens with zero attached hydrogens (tertiary/aromatic N) is 3. The van der Waals surface area contributed by atoms with Crippen molar-refractivity contribution in [2.75, 3.05) is 0 Å². The largest absolute Gasteiger partial charge is 0.416 e. The number of hydrazine groups is 1. The Morgan fingerprint density at radius 1 is 0.806 bits per heavy atom. The maximum absolute atomic E-state index is 12.8. The molecule has 0 fully saturated rings. The molecule has 0 aliphatic carbocycles. The molecule has 1 heterocycles. The molecule has 0 bridgehead atoms. The monoisotopic (exact) mass is 442 g/mol. The third-order valence-corrected chi connectivity index (χ3v) is 4.34. The Morgan fingerprint density at radius 2 is 1.26 bits per heavy atom. The van der Waals surface area contributed by atoms with Gasteiger partial charge in [-0.15, -0.1) is 10.2 Å². The van der Waals surface area contributed by atoms with Gasteiger partial charge in [-0.25, -0.2) is 5.01 Å². The minimum Gasteiger partial charge on any atom is -0.272 e. The van der Waals surface area contributed by atoms with Crippen molar-refractivity contribution < 1.29 is 31.1 Å². The van der Waals surface area contributed by atoms with Gasteiger partial charge in [0.25, 0.3) is 0 Å². The molecule has 2 aromatic carbocycles. The molecule has 1 amide bonds. The van der Waals surface area contributed by atoms with E-state index in [-0.39, 0.29) is 22.8 Å². The number of rotatable bonds is 3. The molecule has 11 heteroatoms. The van der Waals surface area contributed by atoms with E-state index in [0.29, 0.717) is 0 Å². The minimum atomic E-state index is -4.52. The quantitative estimate of drug-likeness (QED) is 0.692. The number of amidine groups is 2. The van der Waals surface area contributed by atoms with Gasteiger partial charge in [0.2, 0.25) is 5.91 Å². The second kappa shape index (κ2) is 8.05. The van der Waals surface area contributed by atoms with Crippen LogP contribution in [0.2, 0.25) is 0 Å². The Hall–Kier alpha value is -3.37. The summed E-state index contributed by atoms with van der Waals surface area (Å²) >= 11 is 0. The van der Waals surface area contributed by atoms with Crippen molar-refractivity contribution in [1.82, 2.24) is 10.4 Å².